The largest absolute Gasteiger partial charge is 0.399 e. The van der Waals surface area contributed by atoms with Crippen LogP contribution in [0.4, 0.5) is 11.4 Å². The maximum Gasteiger partial charge on any atom is 0.238 e. The topological polar surface area (TPSA) is 92.7 Å². The Morgan fingerprint density at radius 2 is 1.95 bits per heavy atom. The van der Waals surface area contributed by atoms with Gasteiger partial charge in [-0.15, -0.1) is 0 Å². The molecule has 7 heteroatoms. The van der Waals surface area contributed by atoms with Crippen LogP contribution in [0.5, 0.6) is 0 Å². The number of anilines is 2. The summed E-state index contributed by atoms with van der Waals surface area (Å²) in [5, 5.41) is 5.27. The number of likely N-dealkylation sites (N-methyl/N-ethyl adjacent to an activating group) is 1. The van der Waals surface area contributed by atoms with E-state index in [2.05, 4.69) is 23.8 Å². The summed E-state index contributed by atoms with van der Waals surface area (Å²) in [5.41, 5.74) is 7.79. The molecule has 20 heavy (non-hydrogen) atoms. The molecule has 1 atom stereocenters. The van der Waals surface area contributed by atoms with Crippen molar-refractivity contribution in [3.63, 3.8) is 0 Å². The first-order chi connectivity index (χ1) is 9.20. The lowest BCUT2D eigenvalue weighted by atomic mass is 10.1. The van der Waals surface area contributed by atoms with Gasteiger partial charge >= 0.3 is 0 Å². The van der Waals surface area contributed by atoms with Crippen LogP contribution in [-0.4, -0.2) is 46.0 Å². The minimum absolute atomic E-state index is 0.110. The first-order valence-corrected chi connectivity index (χ1v) is 8.13. The fourth-order valence-corrected chi connectivity index (χ4v) is 3.62. The molecular formula is C13H22N4O2S. The molecule has 0 bridgehead atoms. The smallest absolute Gasteiger partial charge is 0.238 e. The molecule has 1 aliphatic heterocycles. The molecule has 1 fully saturated rings. The molecule has 0 amide bonds. The lowest BCUT2D eigenvalue weighted by Gasteiger charge is -2.40. The number of nitrogen functional groups attached to an aromatic ring is 1. The first-order valence-electron chi connectivity index (χ1n) is 6.58. The van der Waals surface area contributed by atoms with Gasteiger partial charge in [0.1, 0.15) is 0 Å². The summed E-state index contributed by atoms with van der Waals surface area (Å²) in [7, 11) is -1.68. The van der Waals surface area contributed by atoms with E-state index in [1.165, 1.54) is 6.07 Å². The molecule has 0 spiro atoms. The van der Waals surface area contributed by atoms with Crippen LogP contribution >= 0.6 is 0 Å². The molecule has 2 rings (SSSR count). The van der Waals surface area contributed by atoms with E-state index in [1.54, 1.807) is 6.92 Å². The van der Waals surface area contributed by atoms with Crippen molar-refractivity contribution in [3.05, 3.63) is 17.7 Å². The average Bonchev–Trinajstić information content (AvgIpc) is 2.31. The number of hydrogen-bond acceptors (Lipinski definition) is 5. The zero-order chi connectivity index (χ0) is 15.1. The molecule has 4 N–H and O–H groups in total. The number of nitrogens with zero attached hydrogens (tertiary/aromatic N) is 2. The molecule has 112 valence electrons. The second-order valence-electron chi connectivity index (χ2n) is 5.51. The van der Waals surface area contributed by atoms with E-state index >= 15 is 0 Å². The van der Waals surface area contributed by atoms with Gasteiger partial charge in [-0.05, 0) is 38.6 Å². The van der Waals surface area contributed by atoms with Crippen molar-refractivity contribution < 1.29 is 8.42 Å². The summed E-state index contributed by atoms with van der Waals surface area (Å²) in [6, 6.07) is 3.54. The predicted octanol–water partition coefficient (Wildman–Crippen LogP) is 0.365. The van der Waals surface area contributed by atoms with Gasteiger partial charge in [-0.25, -0.2) is 13.6 Å². The van der Waals surface area contributed by atoms with E-state index in [9.17, 15) is 8.42 Å². The number of rotatable bonds is 2. The summed E-state index contributed by atoms with van der Waals surface area (Å²) >= 11 is 0. The van der Waals surface area contributed by atoms with Gasteiger partial charge in [-0.3, -0.25) is 0 Å². The van der Waals surface area contributed by atoms with Crippen LogP contribution < -0.4 is 15.8 Å². The molecule has 1 aromatic carbocycles. The number of benzene rings is 1. The summed E-state index contributed by atoms with van der Waals surface area (Å²) in [6.45, 7) is 6.60. The Morgan fingerprint density at radius 1 is 1.30 bits per heavy atom. The van der Waals surface area contributed by atoms with Gasteiger partial charge in [-0.2, -0.15) is 0 Å². The summed E-state index contributed by atoms with van der Waals surface area (Å²) in [4.78, 5) is 4.56. The van der Waals surface area contributed by atoms with Crippen molar-refractivity contribution in [2.75, 3.05) is 37.3 Å². The predicted molar refractivity (Wildman–Crippen MR) is 81.3 cm³/mol. The number of hydrogen-bond donors (Lipinski definition) is 2. The maximum atomic E-state index is 11.7. The minimum Gasteiger partial charge on any atom is -0.399 e. The lowest BCUT2D eigenvalue weighted by molar-refractivity contribution is 0.275. The molecule has 1 saturated heterocycles. The SMILES string of the molecule is Cc1c(N2CCN(C)CC2C)cc(N)cc1S(N)(=O)=O. The molecule has 1 aliphatic rings. The molecule has 1 aromatic rings. The van der Waals surface area contributed by atoms with Crippen molar-refractivity contribution in [2.45, 2.75) is 24.8 Å². The van der Waals surface area contributed by atoms with E-state index < -0.39 is 10.0 Å². The van der Waals surface area contributed by atoms with E-state index in [0.717, 1.165) is 25.3 Å². The van der Waals surface area contributed by atoms with E-state index in [-0.39, 0.29) is 4.90 Å². The van der Waals surface area contributed by atoms with Crippen LogP contribution in [-0.2, 0) is 10.0 Å². The molecule has 6 nitrogen and oxygen atoms in total. The van der Waals surface area contributed by atoms with Gasteiger partial charge in [0.05, 0.1) is 4.90 Å². The Bertz CT molecular complexity index is 615. The minimum atomic E-state index is -3.76. The molecule has 1 unspecified atom stereocenters. The molecule has 0 aliphatic carbocycles. The van der Waals surface area contributed by atoms with Crippen LogP contribution in [0.15, 0.2) is 17.0 Å². The van der Waals surface area contributed by atoms with Gasteiger partial charge in [0, 0.05) is 37.1 Å². The standard InChI is InChI=1S/C13H22N4O2S/c1-9-8-16(3)4-5-17(9)12-6-11(14)7-13(10(12)2)20(15,18)19/h6-7,9H,4-5,8,14H2,1-3H3,(H2,15,18,19). The Labute approximate surface area is 120 Å². The lowest BCUT2D eigenvalue weighted by Crippen LogP contribution is -2.50. The Hall–Kier alpha value is -1.31. The highest BCUT2D eigenvalue weighted by atomic mass is 32.2. The molecule has 0 aromatic heterocycles. The van der Waals surface area contributed by atoms with Gasteiger partial charge in [0.15, 0.2) is 0 Å². The third-order valence-electron chi connectivity index (χ3n) is 3.80. The fourth-order valence-electron chi connectivity index (χ4n) is 2.79. The number of nitrogens with two attached hydrogens (primary N) is 2. The summed E-state index contributed by atoms with van der Waals surface area (Å²) < 4.78 is 23.3. The third-order valence-corrected chi connectivity index (χ3v) is 4.84. The molecule has 1 heterocycles. The van der Waals surface area contributed by atoms with Crippen molar-refractivity contribution in [1.82, 2.24) is 4.90 Å². The Morgan fingerprint density at radius 3 is 2.50 bits per heavy atom. The number of sulfonamides is 1. The third kappa shape index (κ3) is 2.89. The monoisotopic (exact) mass is 298 g/mol. The second kappa shape index (κ2) is 5.23. The van der Waals surface area contributed by atoms with Crippen LogP contribution in [0, 0.1) is 6.92 Å². The Kier molecular flexibility index (Phi) is 3.95. The van der Waals surface area contributed by atoms with Crippen LogP contribution in [0.1, 0.15) is 12.5 Å². The first kappa shape index (κ1) is 15.1. The number of piperazine rings is 1. The second-order valence-corrected chi connectivity index (χ2v) is 7.04. The van der Waals surface area contributed by atoms with Gasteiger partial charge in [0.25, 0.3) is 0 Å². The summed E-state index contributed by atoms with van der Waals surface area (Å²) in [6.07, 6.45) is 0. The number of primary sulfonamides is 1. The van der Waals surface area contributed by atoms with Crippen LogP contribution in [0.25, 0.3) is 0 Å². The van der Waals surface area contributed by atoms with Crippen molar-refractivity contribution in [3.8, 4) is 0 Å². The van der Waals surface area contributed by atoms with E-state index in [1.807, 2.05) is 6.07 Å². The van der Waals surface area contributed by atoms with Crippen LogP contribution in [0.2, 0.25) is 0 Å². The zero-order valence-corrected chi connectivity index (χ0v) is 12.9. The molecule has 0 saturated carbocycles. The quantitative estimate of drug-likeness (QED) is 0.769. The van der Waals surface area contributed by atoms with Gasteiger partial charge in [0.2, 0.25) is 10.0 Å². The highest BCUT2D eigenvalue weighted by Crippen LogP contribution is 2.31. The highest BCUT2D eigenvalue weighted by molar-refractivity contribution is 7.89. The van der Waals surface area contributed by atoms with E-state index in [0.29, 0.717) is 17.3 Å². The Balaban J connectivity index is 2.50. The van der Waals surface area contributed by atoms with Crippen molar-refractivity contribution in [1.29, 1.82) is 0 Å². The van der Waals surface area contributed by atoms with Gasteiger partial charge < -0.3 is 15.5 Å². The van der Waals surface area contributed by atoms with Crippen molar-refractivity contribution in [2.24, 2.45) is 5.14 Å². The molecule has 0 radical (unpaired) electrons. The van der Waals surface area contributed by atoms with Crippen molar-refractivity contribution >= 4 is 21.4 Å². The van der Waals surface area contributed by atoms with E-state index in [4.69, 9.17) is 10.9 Å². The summed E-state index contributed by atoms with van der Waals surface area (Å²) in [5.74, 6) is 0. The maximum absolute atomic E-state index is 11.7. The van der Waals surface area contributed by atoms with Crippen LogP contribution in [0.3, 0.4) is 0 Å². The highest BCUT2D eigenvalue weighted by Gasteiger charge is 2.25. The average molecular weight is 298 g/mol. The van der Waals surface area contributed by atoms with Gasteiger partial charge in [-0.1, -0.05) is 0 Å². The molecular weight excluding hydrogens is 276 g/mol. The normalized spacial score (nSPS) is 21.2. The fraction of sp³-hybridized carbons (Fsp3) is 0.538. The zero-order valence-electron chi connectivity index (χ0n) is 12.1.